The Labute approximate surface area is 119 Å². The molecule has 6 heteroatoms. The van der Waals surface area contributed by atoms with Crippen molar-refractivity contribution in [1.29, 1.82) is 0 Å². The van der Waals surface area contributed by atoms with Gasteiger partial charge in [-0.15, -0.1) is 0 Å². The summed E-state index contributed by atoms with van der Waals surface area (Å²) in [7, 11) is 1.40. The van der Waals surface area contributed by atoms with Gasteiger partial charge in [-0.1, -0.05) is 13.8 Å². The summed E-state index contributed by atoms with van der Waals surface area (Å²) in [5.41, 5.74) is -1.93. The van der Waals surface area contributed by atoms with E-state index in [9.17, 15) is 22.4 Å². The third kappa shape index (κ3) is 2.54. The summed E-state index contributed by atoms with van der Waals surface area (Å²) in [5, 5.41) is -0.278. The van der Waals surface area contributed by atoms with Crippen LogP contribution in [0.3, 0.4) is 0 Å². The Morgan fingerprint density at radius 2 is 1.90 bits per heavy atom. The SMILES string of the molecule is CCC(C)c1c(C(F)(F)F)c2cc(F)ccc2n(C)c1=O. The second-order valence-corrected chi connectivity index (χ2v) is 5.12. The zero-order valence-electron chi connectivity index (χ0n) is 11.9. The van der Waals surface area contributed by atoms with Gasteiger partial charge in [-0.3, -0.25) is 4.79 Å². The van der Waals surface area contributed by atoms with Gasteiger partial charge in [-0.2, -0.15) is 13.2 Å². The first kappa shape index (κ1) is 15.5. The quantitative estimate of drug-likeness (QED) is 0.762. The maximum atomic E-state index is 13.4. The molecule has 0 radical (unpaired) electrons. The lowest BCUT2D eigenvalue weighted by molar-refractivity contribution is -0.137. The number of pyridine rings is 1. The van der Waals surface area contributed by atoms with E-state index in [-0.39, 0.29) is 16.5 Å². The molecule has 1 heterocycles. The first-order chi connectivity index (χ1) is 9.68. The fourth-order valence-electron chi connectivity index (χ4n) is 2.51. The Morgan fingerprint density at radius 3 is 2.43 bits per heavy atom. The second-order valence-electron chi connectivity index (χ2n) is 5.12. The molecule has 1 unspecified atom stereocenters. The maximum Gasteiger partial charge on any atom is 0.417 e. The van der Waals surface area contributed by atoms with E-state index in [1.807, 2.05) is 0 Å². The summed E-state index contributed by atoms with van der Waals surface area (Å²) >= 11 is 0. The Bertz CT molecular complexity index is 746. The van der Waals surface area contributed by atoms with Crippen LogP contribution >= 0.6 is 0 Å². The molecular weight excluding hydrogens is 286 g/mol. The van der Waals surface area contributed by atoms with E-state index < -0.39 is 29.0 Å². The molecule has 2 aromatic rings. The zero-order chi connectivity index (χ0) is 15.9. The number of halogens is 4. The minimum Gasteiger partial charge on any atom is -0.311 e. The highest BCUT2D eigenvalue weighted by atomic mass is 19.4. The van der Waals surface area contributed by atoms with Gasteiger partial charge in [0.25, 0.3) is 5.56 Å². The molecule has 2 nitrogen and oxygen atoms in total. The first-order valence-electron chi connectivity index (χ1n) is 6.57. The third-order valence-corrected chi connectivity index (χ3v) is 3.78. The van der Waals surface area contributed by atoms with Gasteiger partial charge in [0, 0.05) is 18.0 Å². The minimum atomic E-state index is -4.71. The van der Waals surface area contributed by atoms with Crippen LogP contribution in [0.4, 0.5) is 17.6 Å². The summed E-state index contributed by atoms with van der Waals surface area (Å²) in [6, 6.07) is 3.08. The Kier molecular flexibility index (Phi) is 3.82. The number of nitrogens with zero attached hydrogens (tertiary/aromatic N) is 1. The molecule has 1 aromatic heterocycles. The summed E-state index contributed by atoms with van der Waals surface area (Å²) < 4.78 is 54.9. The molecule has 1 atom stereocenters. The van der Waals surface area contributed by atoms with Crippen molar-refractivity contribution in [3.05, 3.63) is 45.5 Å². The van der Waals surface area contributed by atoms with E-state index in [1.165, 1.54) is 13.1 Å². The van der Waals surface area contributed by atoms with Crippen LogP contribution in [-0.2, 0) is 13.2 Å². The molecule has 0 saturated heterocycles. The molecule has 0 bridgehead atoms. The van der Waals surface area contributed by atoms with Crippen LogP contribution in [0.25, 0.3) is 10.9 Å². The molecular formula is C15H15F4NO. The van der Waals surface area contributed by atoms with Crippen LogP contribution in [0.5, 0.6) is 0 Å². The van der Waals surface area contributed by atoms with Crippen molar-refractivity contribution in [2.75, 3.05) is 0 Å². The third-order valence-electron chi connectivity index (χ3n) is 3.78. The van der Waals surface area contributed by atoms with E-state index >= 15 is 0 Å². The van der Waals surface area contributed by atoms with Crippen molar-refractivity contribution in [1.82, 2.24) is 4.57 Å². The average Bonchev–Trinajstić information content (AvgIpc) is 2.40. The number of benzene rings is 1. The van der Waals surface area contributed by atoms with Gasteiger partial charge >= 0.3 is 6.18 Å². The highest BCUT2D eigenvalue weighted by molar-refractivity contribution is 5.84. The van der Waals surface area contributed by atoms with Crippen molar-refractivity contribution in [3.63, 3.8) is 0 Å². The van der Waals surface area contributed by atoms with Crippen LogP contribution < -0.4 is 5.56 Å². The lowest BCUT2D eigenvalue weighted by atomic mass is 9.92. The van der Waals surface area contributed by atoms with Crippen molar-refractivity contribution in [3.8, 4) is 0 Å². The lowest BCUT2D eigenvalue weighted by Crippen LogP contribution is -2.28. The summed E-state index contributed by atoms with van der Waals surface area (Å²) in [5.74, 6) is -1.32. The molecule has 0 saturated carbocycles. The normalized spacial score (nSPS) is 13.7. The maximum absolute atomic E-state index is 13.4. The average molecular weight is 301 g/mol. The van der Waals surface area contributed by atoms with Crippen LogP contribution in [0.15, 0.2) is 23.0 Å². The van der Waals surface area contributed by atoms with Gasteiger partial charge in [0.1, 0.15) is 5.82 Å². The number of rotatable bonds is 2. The van der Waals surface area contributed by atoms with Gasteiger partial charge in [0.05, 0.1) is 11.1 Å². The van der Waals surface area contributed by atoms with Crippen molar-refractivity contribution in [2.24, 2.45) is 7.05 Å². The van der Waals surface area contributed by atoms with Gasteiger partial charge < -0.3 is 4.57 Å². The fourth-order valence-corrected chi connectivity index (χ4v) is 2.51. The molecule has 0 amide bonds. The Balaban J connectivity index is 3.07. The van der Waals surface area contributed by atoms with Gasteiger partial charge in [0.15, 0.2) is 0 Å². The highest BCUT2D eigenvalue weighted by Crippen LogP contribution is 2.39. The van der Waals surface area contributed by atoms with Crippen LogP contribution in [-0.4, -0.2) is 4.57 Å². The van der Waals surface area contributed by atoms with Crippen LogP contribution in [0.2, 0.25) is 0 Å². The molecule has 0 spiro atoms. The molecule has 0 fully saturated rings. The molecule has 1 aromatic carbocycles. The zero-order valence-corrected chi connectivity index (χ0v) is 11.9. The standard InChI is InChI=1S/C15H15F4NO/c1-4-8(2)12-13(15(17,18)19)10-7-9(16)5-6-11(10)20(3)14(12)21/h5-8H,4H2,1-3H3. The monoisotopic (exact) mass is 301 g/mol. The van der Waals surface area contributed by atoms with Crippen molar-refractivity contribution in [2.45, 2.75) is 32.4 Å². The van der Waals surface area contributed by atoms with E-state index in [2.05, 4.69) is 0 Å². The molecule has 0 aliphatic heterocycles. The Hall–Kier alpha value is -1.85. The highest BCUT2D eigenvalue weighted by Gasteiger charge is 2.38. The van der Waals surface area contributed by atoms with E-state index in [4.69, 9.17) is 0 Å². The number of hydrogen-bond acceptors (Lipinski definition) is 1. The second kappa shape index (κ2) is 5.16. The largest absolute Gasteiger partial charge is 0.417 e. The predicted molar refractivity (Wildman–Crippen MR) is 72.9 cm³/mol. The predicted octanol–water partition coefficient (Wildman–Crippen LogP) is 4.21. The van der Waals surface area contributed by atoms with Gasteiger partial charge in [-0.25, -0.2) is 4.39 Å². The summed E-state index contributed by atoms with van der Waals surface area (Å²) in [6.45, 7) is 3.27. The summed E-state index contributed by atoms with van der Waals surface area (Å²) in [4.78, 5) is 12.3. The first-order valence-corrected chi connectivity index (χ1v) is 6.57. The smallest absolute Gasteiger partial charge is 0.311 e. The van der Waals surface area contributed by atoms with Gasteiger partial charge in [-0.05, 0) is 30.5 Å². The lowest BCUT2D eigenvalue weighted by Gasteiger charge is -2.20. The molecule has 0 N–H and O–H groups in total. The number of hydrogen-bond donors (Lipinski definition) is 0. The molecule has 21 heavy (non-hydrogen) atoms. The Morgan fingerprint density at radius 1 is 1.29 bits per heavy atom. The van der Waals surface area contributed by atoms with E-state index in [1.54, 1.807) is 13.8 Å². The molecule has 0 aliphatic rings. The summed E-state index contributed by atoms with van der Waals surface area (Å²) in [6.07, 6.45) is -4.32. The topological polar surface area (TPSA) is 22.0 Å². The van der Waals surface area contributed by atoms with E-state index in [0.717, 1.165) is 16.7 Å². The van der Waals surface area contributed by atoms with Gasteiger partial charge in [0.2, 0.25) is 0 Å². The number of aryl methyl sites for hydroxylation is 1. The molecule has 2 rings (SSSR count). The van der Waals surface area contributed by atoms with Crippen molar-refractivity contribution < 1.29 is 17.6 Å². The fraction of sp³-hybridized carbons (Fsp3) is 0.400. The van der Waals surface area contributed by atoms with E-state index in [0.29, 0.717) is 6.42 Å². The van der Waals surface area contributed by atoms with Crippen molar-refractivity contribution >= 4 is 10.9 Å². The number of aromatic nitrogens is 1. The number of alkyl halides is 3. The minimum absolute atomic E-state index is 0.0702. The van der Waals surface area contributed by atoms with Crippen LogP contribution in [0.1, 0.15) is 37.3 Å². The van der Waals surface area contributed by atoms with Crippen LogP contribution in [0, 0.1) is 5.82 Å². The molecule has 0 aliphatic carbocycles. The molecule has 114 valence electrons. The number of fused-ring (bicyclic) bond motifs is 1.